The van der Waals surface area contributed by atoms with Gasteiger partial charge in [-0.05, 0) is 44.0 Å². The van der Waals surface area contributed by atoms with Crippen LogP contribution < -0.4 is 10.2 Å². The van der Waals surface area contributed by atoms with E-state index in [1.807, 2.05) is 25.1 Å². The Morgan fingerprint density at radius 2 is 2.17 bits per heavy atom. The van der Waals surface area contributed by atoms with Gasteiger partial charge in [-0.25, -0.2) is 4.98 Å². The van der Waals surface area contributed by atoms with Crippen LogP contribution in [0.3, 0.4) is 0 Å². The Kier molecular flexibility index (Phi) is 4.71. The zero-order valence-electron chi connectivity index (χ0n) is 12.9. The number of aryl methyl sites for hydroxylation is 1. The molecule has 1 fully saturated rings. The smallest absolute Gasteiger partial charge is 0.230 e. The highest BCUT2D eigenvalue weighted by molar-refractivity contribution is 6.29. The zero-order valence-corrected chi connectivity index (χ0v) is 13.6. The van der Waals surface area contributed by atoms with Gasteiger partial charge in [0.05, 0.1) is 5.92 Å². The van der Waals surface area contributed by atoms with Gasteiger partial charge in [0.1, 0.15) is 5.82 Å². The number of hydrogen-bond acceptors (Lipinski definition) is 5. The molecule has 0 aromatic carbocycles. The lowest BCUT2D eigenvalue weighted by Gasteiger charge is -2.32. The molecule has 1 aliphatic rings. The molecule has 1 atom stereocenters. The quantitative estimate of drug-likeness (QED) is 0.936. The van der Waals surface area contributed by atoms with Crippen LogP contribution in [-0.4, -0.2) is 34.2 Å². The van der Waals surface area contributed by atoms with Crippen molar-refractivity contribution in [3.8, 4) is 0 Å². The standard InChI is InChI=1S/C16H18ClN5O/c1-11-4-2-6-14(18-11)19-16(23)12-5-3-9-22(10-12)15-8-7-13(17)20-21-15/h2,4,6-8,12H,3,5,9-10H2,1H3,(H,18,19,23)/t12-/m0/s1. The third-order valence-corrected chi connectivity index (χ3v) is 4.08. The van der Waals surface area contributed by atoms with Gasteiger partial charge in [0.2, 0.25) is 5.91 Å². The summed E-state index contributed by atoms with van der Waals surface area (Å²) in [5, 5.41) is 11.2. The fraction of sp³-hybridized carbons (Fsp3) is 0.375. The Bertz CT molecular complexity index is 691. The van der Waals surface area contributed by atoms with Crippen molar-refractivity contribution in [2.45, 2.75) is 19.8 Å². The van der Waals surface area contributed by atoms with Crippen LogP contribution in [0.4, 0.5) is 11.6 Å². The van der Waals surface area contributed by atoms with E-state index in [0.717, 1.165) is 30.9 Å². The third kappa shape index (κ3) is 3.96. The number of halogens is 1. The monoisotopic (exact) mass is 331 g/mol. The van der Waals surface area contributed by atoms with E-state index in [1.54, 1.807) is 12.1 Å². The number of carbonyl (C=O) groups excluding carboxylic acids is 1. The van der Waals surface area contributed by atoms with Crippen molar-refractivity contribution in [1.29, 1.82) is 0 Å². The van der Waals surface area contributed by atoms with E-state index >= 15 is 0 Å². The maximum Gasteiger partial charge on any atom is 0.230 e. The first-order valence-electron chi connectivity index (χ1n) is 7.60. The zero-order chi connectivity index (χ0) is 16.2. The van der Waals surface area contributed by atoms with E-state index in [0.29, 0.717) is 17.5 Å². The lowest BCUT2D eigenvalue weighted by molar-refractivity contribution is -0.120. The Morgan fingerprint density at radius 1 is 1.30 bits per heavy atom. The summed E-state index contributed by atoms with van der Waals surface area (Å²) in [6.45, 7) is 3.38. The molecule has 0 aliphatic carbocycles. The highest BCUT2D eigenvalue weighted by Crippen LogP contribution is 2.22. The van der Waals surface area contributed by atoms with Crippen LogP contribution in [0.5, 0.6) is 0 Å². The van der Waals surface area contributed by atoms with Gasteiger partial charge in [-0.15, -0.1) is 10.2 Å². The van der Waals surface area contributed by atoms with Gasteiger partial charge in [0.25, 0.3) is 0 Å². The summed E-state index contributed by atoms with van der Waals surface area (Å²) >= 11 is 5.77. The van der Waals surface area contributed by atoms with Crippen molar-refractivity contribution in [1.82, 2.24) is 15.2 Å². The number of carbonyl (C=O) groups is 1. The Labute approximate surface area is 139 Å². The molecule has 0 unspecified atom stereocenters. The number of nitrogens with one attached hydrogen (secondary N) is 1. The van der Waals surface area contributed by atoms with Crippen LogP contribution >= 0.6 is 11.6 Å². The summed E-state index contributed by atoms with van der Waals surface area (Å²) in [7, 11) is 0. The molecule has 1 N–H and O–H groups in total. The largest absolute Gasteiger partial charge is 0.354 e. The Balaban J connectivity index is 1.65. The van der Waals surface area contributed by atoms with E-state index in [1.165, 1.54) is 0 Å². The second-order valence-corrected chi connectivity index (χ2v) is 6.04. The van der Waals surface area contributed by atoms with Gasteiger partial charge in [-0.3, -0.25) is 4.79 Å². The van der Waals surface area contributed by atoms with Crippen molar-refractivity contribution in [2.75, 3.05) is 23.3 Å². The van der Waals surface area contributed by atoms with Gasteiger partial charge < -0.3 is 10.2 Å². The maximum absolute atomic E-state index is 12.5. The molecule has 23 heavy (non-hydrogen) atoms. The molecule has 3 heterocycles. The molecular formula is C16H18ClN5O. The van der Waals surface area contributed by atoms with Crippen molar-refractivity contribution in [3.05, 3.63) is 41.2 Å². The first kappa shape index (κ1) is 15.7. The Morgan fingerprint density at radius 3 is 2.91 bits per heavy atom. The molecule has 2 aromatic heterocycles. The second-order valence-electron chi connectivity index (χ2n) is 5.65. The predicted molar refractivity (Wildman–Crippen MR) is 89.6 cm³/mol. The molecule has 1 aliphatic heterocycles. The maximum atomic E-state index is 12.5. The van der Waals surface area contributed by atoms with Gasteiger partial charge in [-0.2, -0.15) is 0 Å². The normalized spacial score (nSPS) is 17.8. The molecule has 7 heteroatoms. The van der Waals surface area contributed by atoms with Crippen LogP contribution in [0.2, 0.25) is 5.15 Å². The lowest BCUT2D eigenvalue weighted by atomic mass is 9.97. The fourth-order valence-electron chi connectivity index (χ4n) is 2.72. The second kappa shape index (κ2) is 6.91. The average molecular weight is 332 g/mol. The number of hydrogen-bond donors (Lipinski definition) is 1. The number of amides is 1. The number of rotatable bonds is 3. The molecule has 1 amide bonds. The molecule has 1 saturated heterocycles. The number of pyridine rings is 1. The van der Waals surface area contributed by atoms with Gasteiger partial charge in [0.15, 0.2) is 11.0 Å². The summed E-state index contributed by atoms with van der Waals surface area (Å²) in [6.07, 6.45) is 1.79. The Hall–Kier alpha value is -2.21. The average Bonchev–Trinajstić information content (AvgIpc) is 2.56. The van der Waals surface area contributed by atoms with Crippen LogP contribution in [0, 0.1) is 12.8 Å². The SMILES string of the molecule is Cc1cccc(NC(=O)[C@H]2CCCN(c3ccc(Cl)nn3)C2)n1. The summed E-state index contributed by atoms with van der Waals surface area (Å²) in [4.78, 5) is 18.9. The van der Waals surface area contributed by atoms with E-state index in [2.05, 4.69) is 25.4 Å². The van der Waals surface area contributed by atoms with E-state index < -0.39 is 0 Å². The van der Waals surface area contributed by atoms with Crippen LogP contribution in [0.15, 0.2) is 30.3 Å². The van der Waals surface area contributed by atoms with Crippen molar-refractivity contribution < 1.29 is 4.79 Å². The molecular weight excluding hydrogens is 314 g/mol. The molecule has 0 spiro atoms. The minimum atomic E-state index is -0.0939. The topological polar surface area (TPSA) is 71.0 Å². The first-order chi connectivity index (χ1) is 11.1. The molecule has 120 valence electrons. The van der Waals surface area contributed by atoms with Gasteiger partial charge in [0, 0.05) is 18.8 Å². The molecule has 3 rings (SSSR count). The van der Waals surface area contributed by atoms with Crippen LogP contribution in [0.1, 0.15) is 18.5 Å². The first-order valence-corrected chi connectivity index (χ1v) is 7.98. The third-order valence-electron chi connectivity index (χ3n) is 3.87. The van der Waals surface area contributed by atoms with Gasteiger partial charge in [-0.1, -0.05) is 17.7 Å². The molecule has 6 nitrogen and oxygen atoms in total. The minimum absolute atomic E-state index is 0.00489. The number of piperidine rings is 1. The number of aromatic nitrogens is 3. The summed E-state index contributed by atoms with van der Waals surface area (Å²) in [5.41, 5.74) is 0.879. The van der Waals surface area contributed by atoms with Crippen molar-refractivity contribution in [3.63, 3.8) is 0 Å². The summed E-state index contributed by atoms with van der Waals surface area (Å²) in [5.74, 6) is 1.25. The number of nitrogens with zero attached hydrogens (tertiary/aromatic N) is 4. The predicted octanol–water partition coefficient (Wildman–Crippen LogP) is 2.69. The van der Waals surface area contributed by atoms with Crippen LogP contribution in [0.25, 0.3) is 0 Å². The minimum Gasteiger partial charge on any atom is -0.354 e. The van der Waals surface area contributed by atoms with E-state index in [4.69, 9.17) is 11.6 Å². The van der Waals surface area contributed by atoms with Gasteiger partial charge >= 0.3 is 0 Å². The molecule has 0 bridgehead atoms. The highest BCUT2D eigenvalue weighted by Gasteiger charge is 2.27. The number of anilines is 2. The van der Waals surface area contributed by atoms with Crippen molar-refractivity contribution >= 4 is 29.1 Å². The lowest BCUT2D eigenvalue weighted by Crippen LogP contribution is -2.41. The van der Waals surface area contributed by atoms with Crippen molar-refractivity contribution in [2.24, 2.45) is 5.92 Å². The molecule has 2 aromatic rings. The van der Waals surface area contributed by atoms with E-state index in [9.17, 15) is 4.79 Å². The molecule has 0 saturated carbocycles. The molecule has 0 radical (unpaired) electrons. The fourth-order valence-corrected chi connectivity index (χ4v) is 2.82. The van der Waals surface area contributed by atoms with E-state index in [-0.39, 0.29) is 11.8 Å². The summed E-state index contributed by atoms with van der Waals surface area (Å²) in [6, 6.07) is 9.13. The highest BCUT2D eigenvalue weighted by atomic mass is 35.5. The summed E-state index contributed by atoms with van der Waals surface area (Å²) < 4.78 is 0. The van der Waals surface area contributed by atoms with Crippen LogP contribution in [-0.2, 0) is 4.79 Å².